The van der Waals surface area contributed by atoms with Crippen LogP contribution in [0.25, 0.3) is 0 Å². The van der Waals surface area contributed by atoms with Crippen molar-refractivity contribution in [2.24, 2.45) is 0 Å². The van der Waals surface area contributed by atoms with Crippen molar-refractivity contribution in [3.8, 4) is 0 Å². The Labute approximate surface area is 108 Å². The summed E-state index contributed by atoms with van der Waals surface area (Å²) < 4.78 is 0. The van der Waals surface area contributed by atoms with Crippen LogP contribution in [0, 0.1) is 20.8 Å². The topological polar surface area (TPSA) is 50.9 Å². The van der Waals surface area contributed by atoms with Crippen molar-refractivity contribution in [1.29, 1.82) is 0 Å². The van der Waals surface area contributed by atoms with E-state index in [9.17, 15) is 0 Å². The zero-order valence-corrected chi connectivity index (χ0v) is 11.1. The molecule has 1 aromatic carbocycles. The van der Waals surface area contributed by atoms with Gasteiger partial charge < -0.3 is 11.1 Å². The average Bonchev–Trinajstić information content (AvgIpc) is 2.32. The molecule has 2 aromatic rings. The minimum atomic E-state index is 0.729. The van der Waals surface area contributed by atoms with Crippen LogP contribution in [0.15, 0.2) is 30.5 Å². The third kappa shape index (κ3) is 2.80. The zero-order chi connectivity index (χ0) is 13.1. The number of nitrogens with two attached hydrogens (primary N) is 1. The fraction of sp³-hybridized carbons (Fsp3) is 0.267. The lowest BCUT2D eigenvalue weighted by Crippen LogP contribution is -2.04. The number of hydrogen-bond acceptors (Lipinski definition) is 3. The number of nitrogens with zero attached hydrogens (tertiary/aromatic N) is 1. The number of nitrogens with one attached hydrogen (secondary N) is 1. The molecular weight excluding hydrogens is 222 g/mol. The normalized spacial score (nSPS) is 10.4. The lowest BCUT2D eigenvalue weighted by molar-refractivity contribution is 1.08. The highest BCUT2D eigenvalue weighted by Crippen LogP contribution is 2.15. The van der Waals surface area contributed by atoms with Crippen LogP contribution in [-0.2, 0) is 6.54 Å². The number of aryl methyl sites for hydroxylation is 3. The number of hydrogen-bond donors (Lipinski definition) is 2. The summed E-state index contributed by atoms with van der Waals surface area (Å²) in [5, 5.41) is 3.32. The van der Waals surface area contributed by atoms with Crippen LogP contribution in [0.4, 0.5) is 11.5 Å². The summed E-state index contributed by atoms with van der Waals surface area (Å²) in [6, 6.07) is 8.45. The molecule has 0 fully saturated rings. The highest BCUT2D eigenvalue weighted by atomic mass is 15.0. The molecule has 0 bridgehead atoms. The zero-order valence-electron chi connectivity index (χ0n) is 11.1. The maximum Gasteiger partial charge on any atom is 0.126 e. The van der Waals surface area contributed by atoms with Crippen LogP contribution in [0.2, 0.25) is 0 Å². The SMILES string of the molecule is Cc1ccc(CNc2cc(C)c(N)cn2)c(C)c1. The summed E-state index contributed by atoms with van der Waals surface area (Å²) in [5.74, 6) is 0.863. The van der Waals surface area contributed by atoms with Gasteiger partial charge in [-0.3, -0.25) is 0 Å². The fourth-order valence-corrected chi connectivity index (χ4v) is 1.89. The standard InChI is InChI=1S/C15H19N3/c1-10-4-5-13(11(2)6-10)8-17-15-7-12(3)14(16)9-18-15/h4-7,9H,8,16H2,1-3H3,(H,17,18). The van der Waals surface area contributed by atoms with Gasteiger partial charge in [0.05, 0.1) is 11.9 Å². The predicted octanol–water partition coefficient (Wildman–Crippen LogP) is 3.20. The van der Waals surface area contributed by atoms with Gasteiger partial charge in [-0.2, -0.15) is 0 Å². The molecule has 0 unspecified atom stereocenters. The monoisotopic (exact) mass is 241 g/mol. The van der Waals surface area contributed by atoms with E-state index in [-0.39, 0.29) is 0 Å². The second-order valence-corrected chi connectivity index (χ2v) is 4.71. The first kappa shape index (κ1) is 12.4. The Morgan fingerprint density at radius 2 is 1.89 bits per heavy atom. The minimum absolute atomic E-state index is 0.729. The first-order valence-corrected chi connectivity index (χ1v) is 6.08. The Bertz CT molecular complexity index is 562. The quantitative estimate of drug-likeness (QED) is 0.867. The molecule has 3 N–H and O–H groups in total. The number of benzene rings is 1. The van der Waals surface area contributed by atoms with E-state index < -0.39 is 0 Å². The molecule has 3 heteroatoms. The van der Waals surface area contributed by atoms with Gasteiger partial charge >= 0.3 is 0 Å². The number of nitrogen functional groups attached to an aromatic ring is 1. The molecule has 0 aliphatic carbocycles. The van der Waals surface area contributed by atoms with E-state index in [1.54, 1.807) is 6.20 Å². The van der Waals surface area contributed by atoms with E-state index in [1.165, 1.54) is 16.7 Å². The Morgan fingerprint density at radius 1 is 1.11 bits per heavy atom. The van der Waals surface area contributed by atoms with Gasteiger partial charge in [-0.15, -0.1) is 0 Å². The first-order chi connectivity index (χ1) is 8.56. The van der Waals surface area contributed by atoms with Crippen molar-refractivity contribution >= 4 is 11.5 Å². The van der Waals surface area contributed by atoms with Gasteiger partial charge in [0.25, 0.3) is 0 Å². The van der Waals surface area contributed by atoms with Gasteiger partial charge in [0, 0.05) is 6.54 Å². The molecule has 0 aliphatic rings. The summed E-state index contributed by atoms with van der Waals surface area (Å²) in [7, 11) is 0. The van der Waals surface area contributed by atoms with E-state index in [0.29, 0.717) is 0 Å². The second-order valence-electron chi connectivity index (χ2n) is 4.71. The van der Waals surface area contributed by atoms with Crippen molar-refractivity contribution < 1.29 is 0 Å². The number of anilines is 2. The van der Waals surface area contributed by atoms with Gasteiger partial charge in [-0.25, -0.2) is 4.98 Å². The highest BCUT2D eigenvalue weighted by Gasteiger charge is 2.01. The molecule has 3 nitrogen and oxygen atoms in total. The van der Waals surface area contributed by atoms with Gasteiger partial charge in [0.2, 0.25) is 0 Å². The van der Waals surface area contributed by atoms with Gasteiger partial charge in [0.1, 0.15) is 5.82 Å². The lowest BCUT2D eigenvalue weighted by Gasteiger charge is -2.10. The molecule has 2 rings (SSSR count). The molecule has 0 radical (unpaired) electrons. The molecule has 0 atom stereocenters. The predicted molar refractivity (Wildman–Crippen MR) is 76.6 cm³/mol. The Kier molecular flexibility index (Phi) is 3.51. The molecule has 1 aromatic heterocycles. The largest absolute Gasteiger partial charge is 0.397 e. The van der Waals surface area contributed by atoms with Crippen molar-refractivity contribution in [2.45, 2.75) is 27.3 Å². The van der Waals surface area contributed by atoms with Crippen LogP contribution in [-0.4, -0.2) is 4.98 Å². The van der Waals surface area contributed by atoms with Gasteiger partial charge in [-0.05, 0) is 43.5 Å². The van der Waals surface area contributed by atoms with Crippen LogP contribution >= 0.6 is 0 Å². The summed E-state index contributed by atoms with van der Waals surface area (Å²) in [4.78, 5) is 4.27. The van der Waals surface area contributed by atoms with Gasteiger partial charge in [0.15, 0.2) is 0 Å². The Hall–Kier alpha value is -2.03. The van der Waals surface area contributed by atoms with Crippen LogP contribution in [0.1, 0.15) is 22.3 Å². The smallest absolute Gasteiger partial charge is 0.126 e. The molecule has 0 spiro atoms. The summed E-state index contributed by atoms with van der Waals surface area (Å²) in [6.45, 7) is 7.00. The van der Waals surface area contributed by atoms with Crippen LogP contribution in [0.3, 0.4) is 0 Å². The third-order valence-corrected chi connectivity index (χ3v) is 3.11. The molecule has 0 aliphatic heterocycles. The third-order valence-electron chi connectivity index (χ3n) is 3.11. The van der Waals surface area contributed by atoms with Crippen LogP contribution < -0.4 is 11.1 Å². The molecule has 0 saturated carbocycles. The number of rotatable bonds is 3. The molecule has 0 amide bonds. The summed E-state index contributed by atoms with van der Waals surface area (Å²) >= 11 is 0. The summed E-state index contributed by atoms with van der Waals surface area (Å²) in [6.07, 6.45) is 1.69. The number of pyridine rings is 1. The lowest BCUT2D eigenvalue weighted by atomic mass is 10.1. The molecule has 0 saturated heterocycles. The molecule has 1 heterocycles. The van der Waals surface area contributed by atoms with Crippen molar-refractivity contribution in [2.75, 3.05) is 11.1 Å². The van der Waals surface area contributed by atoms with E-state index in [4.69, 9.17) is 5.73 Å². The highest BCUT2D eigenvalue weighted by molar-refractivity contribution is 5.51. The maximum atomic E-state index is 5.75. The van der Waals surface area contributed by atoms with Gasteiger partial charge in [-0.1, -0.05) is 23.8 Å². The number of aromatic nitrogens is 1. The van der Waals surface area contributed by atoms with E-state index >= 15 is 0 Å². The average molecular weight is 241 g/mol. The van der Waals surface area contributed by atoms with E-state index in [2.05, 4.69) is 42.3 Å². The van der Waals surface area contributed by atoms with Crippen LogP contribution in [0.5, 0.6) is 0 Å². The maximum absolute atomic E-state index is 5.75. The molecular formula is C15H19N3. The Balaban J connectivity index is 2.09. The van der Waals surface area contributed by atoms with Crippen molar-refractivity contribution in [3.63, 3.8) is 0 Å². The van der Waals surface area contributed by atoms with Crippen molar-refractivity contribution in [3.05, 3.63) is 52.7 Å². The molecule has 94 valence electrons. The Morgan fingerprint density at radius 3 is 2.56 bits per heavy atom. The fourth-order valence-electron chi connectivity index (χ4n) is 1.89. The first-order valence-electron chi connectivity index (χ1n) is 6.08. The molecule has 18 heavy (non-hydrogen) atoms. The minimum Gasteiger partial charge on any atom is -0.397 e. The second kappa shape index (κ2) is 5.08. The van der Waals surface area contributed by atoms with E-state index in [0.717, 1.165) is 23.6 Å². The van der Waals surface area contributed by atoms with Crippen molar-refractivity contribution in [1.82, 2.24) is 4.98 Å². The summed E-state index contributed by atoms with van der Waals surface area (Å²) in [5.41, 5.74) is 11.4. The van der Waals surface area contributed by atoms with E-state index in [1.807, 2.05) is 13.0 Å².